The minimum absolute atomic E-state index is 0.0443. The van der Waals surface area contributed by atoms with Crippen LogP contribution in [0.25, 0.3) is 22.3 Å². The van der Waals surface area contributed by atoms with Crippen LogP contribution in [0, 0.1) is 5.82 Å². The average Bonchev–Trinajstić information content (AvgIpc) is 2.90. The Morgan fingerprint density at radius 3 is 2.59 bits per heavy atom. The second kappa shape index (κ2) is 10.6. The highest BCUT2D eigenvalue weighted by Crippen LogP contribution is 2.30. The van der Waals surface area contributed by atoms with Crippen LogP contribution in [-0.2, 0) is 4.74 Å². The number of fused-ring (bicyclic) bond motifs is 1. The van der Waals surface area contributed by atoms with Crippen LogP contribution >= 0.6 is 0 Å². The average molecular weight is 534 g/mol. The van der Waals surface area contributed by atoms with Crippen molar-refractivity contribution in [1.82, 2.24) is 24.4 Å². The van der Waals surface area contributed by atoms with E-state index in [0.717, 1.165) is 30.0 Å². The van der Waals surface area contributed by atoms with E-state index in [1.54, 1.807) is 27.0 Å². The van der Waals surface area contributed by atoms with Crippen molar-refractivity contribution in [3.8, 4) is 0 Å². The van der Waals surface area contributed by atoms with Crippen LogP contribution in [-0.4, -0.2) is 36.8 Å². The lowest BCUT2D eigenvalue weighted by Crippen LogP contribution is -2.46. The summed E-state index contributed by atoms with van der Waals surface area (Å²) in [5.74, 6) is -0.649. The summed E-state index contributed by atoms with van der Waals surface area (Å²) in [5, 5.41) is 2.93. The van der Waals surface area contributed by atoms with Crippen molar-refractivity contribution in [2.24, 2.45) is 0 Å². The third-order valence-electron chi connectivity index (χ3n) is 7.02. The first-order valence-corrected chi connectivity index (χ1v) is 13.3. The first-order chi connectivity index (χ1) is 18.6. The Hall–Kier alpha value is -4.08. The van der Waals surface area contributed by atoms with Gasteiger partial charge in [0, 0.05) is 24.0 Å². The number of alkyl carbamates (subject to hydrolysis) is 1. The van der Waals surface area contributed by atoms with E-state index in [-0.39, 0.29) is 17.1 Å². The van der Waals surface area contributed by atoms with Crippen LogP contribution in [0.1, 0.15) is 71.0 Å². The fraction of sp³-hybridized carbons (Fsp3) is 0.414. The number of aromatic nitrogens is 4. The molecule has 0 atom stereocenters. The van der Waals surface area contributed by atoms with Crippen molar-refractivity contribution < 1.29 is 13.9 Å². The Labute approximate surface area is 225 Å². The molecule has 204 valence electrons. The molecule has 1 amide bonds. The SMILES string of the molecule is CC(C)(C)OC(=O)NC1CCC(n2c(=O)c3cc(F)cnc3n(C3=CCCC(c4ccccn4)=C3)c2=O)CC1. The van der Waals surface area contributed by atoms with Crippen LogP contribution in [0.15, 0.2) is 58.4 Å². The highest BCUT2D eigenvalue weighted by Gasteiger charge is 2.29. The van der Waals surface area contributed by atoms with Crippen molar-refractivity contribution in [3.63, 3.8) is 0 Å². The highest BCUT2D eigenvalue weighted by atomic mass is 19.1. The maximum absolute atomic E-state index is 14.3. The summed E-state index contributed by atoms with van der Waals surface area (Å²) in [6.45, 7) is 5.40. The summed E-state index contributed by atoms with van der Waals surface area (Å²) in [5.41, 5.74) is 0.780. The molecule has 39 heavy (non-hydrogen) atoms. The molecule has 9 nitrogen and oxygen atoms in total. The van der Waals surface area contributed by atoms with E-state index in [1.807, 2.05) is 30.4 Å². The molecule has 0 aromatic carbocycles. The molecule has 1 saturated carbocycles. The van der Waals surface area contributed by atoms with Crippen LogP contribution in [0.5, 0.6) is 0 Å². The molecular formula is C29H32FN5O4. The molecule has 0 unspecified atom stereocenters. The fourth-order valence-corrected chi connectivity index (χ4v) is 5.29. The van der Waals surface area contributed by atoms with Gasteiger partial charge in [-0.25, -0.2) is 23.5 Å². The van der Waals surface area contributed by atoms with Gasteiger partial charge in [0.15, 0.2) is 5.65 Å². The number of hydrogen-bond acceptors (Lipinski definition) is 6. The molecule has 0 radical (unpaired) electrons. The van der Waals surface area contributed by atoms with Crippen LogP contribution in [0.4, 0.5) is 9.18 Å². The Balaban J connectivity index is 1.50. The Morgan fingerprint density at radius 2 is 1.90 bits per heavy atom. The number of hydrogen-bond donors (Lipinski definition) is 1. The molecular weight excluding hydrogens is 501 g/mol. The molecule has 2 aliphatic carbocycles. The van der Waals surface area contributed by atoms with E-state index in [0.29, 0.717) is 37.8 Å². The molecule has 1 fully saturated rings. The smallest absolute Gasteiger partial charge is 0.407 e. The van der Waals surface area contributed by atoms with Gasteiger partial charge in [-0.1, -0.05) is 12.1 Å². The Bertz CT molecular complexity index is 1580. The van der Waals surface area contributed by atoms with Gasteiger partial charge in [0.05, 0.1) is 17.3 Å². The third-order valence-corrected chi connectivity index (χ3v) is 7.02. The number of carbonyl (C=O) groups is 1. The lowest BCUT2D eigenvalue weighted by Gasteiger charge is -2.31. The monoisotopic (exact) mass is 533 g/mol. The molecule has 10 heteroatoms. The van der Waals surface area contributed by atoms with E-state index in [1.165, 1.54) is 9.13 Å². The number of halogens is 1. The van der Waals surface area contributed by atoms with E-state index in [2.05, 4.69) is 15.3 Å². The Kier molecular flexibility index (Phi) is 7.20. The van der Waals surface area contributed by atoms with Gasteiger partial charge in [-0.15, -0.1) is 0 Å². The molecule has 1 N–H and O–H groups in total. The van der Waals surface area contributed by atoms with Gasteiger partial charge in [-0.2, -0.15) is 0 Å². The van der Waals surface area contributed by atoms with Crippen LogP contribution in [0.3, 0.4) is 0 Å². The standard InChI is InChI=1S/C29H32FN5O4/c1-29(2,3)39-27(37)33-20-10-12-21(13-11-20)35-26(36)23-16-19(30)17-32-25(23)34(28(35)38)22-8-6-7-18(15-22)24-9-4-5-14-31-24/h4-5,8-9,14-17,20-21H,6-7,10-13H2,1-3H3,(H,33,37). The van der Waals surface area contributed by atoms with Gasteiger partial charge < -0.3 is 10.1 Å². The topological polar surface area (TPSA) is 108 Å². The summed E-state index contributed by atoms with van der Waals surface area (Å²) < 4.78 is 22.2. The quantitative estimate of drug-likeness (QED) is 0.515. The second-order valence-electron chi connectivity index (χ2n) is 11.0. The van der Waals surface area contributed by atoms with E-state index in [9.17, 15) is 18.8 Å². The van der Waals surface area contributed by atoms with Gasteiger partial charge in [-0.05, 0) is 89.1 Å². The van der Waals surface area contributed by atoms with Crippen LogP contribution in [0.2, 0.25) is 0 Å². The van der Waals surface area contributed by atoms with Gasteiger partial charge in [0.25, 0.3) is 5.56 Å². The van der Waals surface area contributed by atoms with E-state index in [4.69, 9.17) is 4.74 Å². The lowest BCUT2D eigenvalue weighted by molar-refractivity contribution is 0.0487. The minimum atomic E-state index is -0.649. The summed E-state index contributed by atoms with van der Waals surface area (Å²) in [6.07, 6.45) is 9.62. The minimum Gasteiger partial charge on any atom is -0.444 e. The zero-order chi connectivity index (χ0) is 27.7. The van der Waals surface area contributed by atoms with E-state index >= 15 is 0 Å². The lowest BCUT2D eigenvalue weighted by atomic mass is 9.91. The molecule has 0 saturated heterocycles. The van der Waals surface area contributed by atoms with Crippen molar-refractivity contribution in [2.45, 2.75) is 77.0 Å². The first kappa shape index (κ1) is 26.5. The number of ether oxygens (including phenoxy) is 1. The first-order valence-electron chi connectivity index (χ1n) is 13.3. The fourth-order valence-electron chi connectivity index (χ4n) is 5.29. The number of allylic oxidation sites excluding steroid dienone is 4. The summed E-state index contributed by atoms with van der Waals surface area (Å²) in [6, 6.07) is 6.27. The largest absolute Gasteiger partial charge is 0.444 e. The number of carbonyl (C=O) groups excluding carboxylic acids is 1. The molecule has 2 aliphatic rings. The Morgan fingerprint density at radius 1 is 1.13 bits per heavy atom. The number of nitrogens with one attached hydrogen (secondary N) is 1. The predicted molar refractivity (Wildman–Crippen MR) is 147 cm³/mol. The molecule has 0 aliphatic heterocycles. The highest BCUT2D eigenvalue weighted by molar-refractivity contribution is 5.83. The maximum atomic E-state index is 14.3. The van der Waals surface area contributed by atoms with Crippen molar-refractivity contribution in [2.75, 3.05) is 0 Å². The second-order valence-corrected chi connectivity index (χ2v) is 11.0. The number of nitrogens with zero attached hydrogens (tertiary/aromatic N) is 4. The van der Waals surface area contributed by atoms with Crippen molar-refractivity contribution >= 4 is 28.4 Å². The molecule has 5 rings (SSSR count). The molecule has 3 aromatic heterocycles. The van der Waals surface area contributed by atoms with Crippen molar-refractivity contribution in [1.29, 1.82) is 0 Å². The van der Waals surface area contributed by atoms with E-state index < -0.39 is 34.8 Å². The normalized spacial score (nSPS) is 19.8. The summed E-state index contributed by atoms with van der Waals surface area (Å²) in [7, 11) is 0. The molecule has 0 bridgehead atoms. The van der Waals surface area contributed by atoms with Gasteiger partial charge in [0.2, 0.25) is 0 Å². The predicted octanol–water partition coefficient (Wildman–Crippen LogP) is 4.82. The number of amides is 1. The summed E-state index contributed by atoms with van der Waals surface area (Å²) in [4.78, 5) is 48.3. The summed E-state index contributed by atoms with van der Waals surface area (Å²) >= 11 is 0. The molecule has 3 aromatic rings. The molecule has 3 heterocycles. The number of rotatable bonds is 4. The van der Waals surface area contributed by atoms with Crippen molar-refractivity contribution in [3.05, 3.63) is 81.2 Å². The number of pyridine rings is 2. The van der Waals surface area contributed by atoms with Gasteiger partial charge >= 0.3 is 11.8 Å². The van der Waals surface area contributed by atoms with Gasteiger partial charge in [0.1, 0.15) is 11.4 Å². The maximum Gasteiger partial charge on any atom is 0.407 e. The molecule has 0 spiro atoms. The van der Waals surface area contributed by atoms with Crippen LogP contribution < -0.4 is 16.6 Å². The zero-order valence-electron chi connectivity index (χ0n) is 22.3. The van der Waals surface area contributed by atoms with Gasteiger partial charge in [-0.3, -0.25) is 14.3 Å². The zero-order valence-corrected chi connectivity index (χ0v) is 22.3. The third kappa shape index (κ3) is 5.69.